The minimum Gasteiger partial charge on any atom is -0.469 e. The fourth-order valence-electron chi connectivity index (χ4n) is 1.14. The van der Waals surface area contributed by atoms with Gasteiger partial charge in [-0.2, -0.15) is 4.98 Å². The Morgan fingerprint density at radius 1 is 1.53 bits per heavy atom. The summed E-state index contributed by atoms with van der Waals surface area (Å²) in [6.07, 6.45) is 1.88. The Kier molecular flexibility index (Phi) is 3.43. The van der Waals surface area contributed by atoms with Crippen molar-refractivity contribution in [2.45, 2.75) is 18.7 Å². The van der Waals surface area contributed by atoms with E-state index in [9.17, 15) is 4.79 Å². The van der Waals surface area contributed by atoms with Gasteiger partial charge in [0.15, 0.2) is 17.6 Å². The van der Waals surface area contributed by atoms with Gasteiger partial charge in [0, 0.05) is 11.8 Å². The van der Waals surface area contributed by atoms with Crippen molar-refractivity contribution in [3.05, 3.63) is 28.1 Å². The number of nitrogens with one attached hydrogen (secondary N) is 1. The fraction of sp³-hybridized carbons (Fsp3) is 0.333. The first-order chi connectivity index (χ1) is 8.17. The van der Waals surface area contributed by atoms with Crippen LogP contribution in [0.25, 0.3) is 0 Å². The molecule has 0 saturated heterocycles. The van der Waals surface area contributed by atoms with Crippen LogP contribution in [0.4, 0.5) is 0 Å². The molecule has 0 aliphatic rings. The molecule has 0 saturated carbocycles. The second-order valence-corrected chi connectivity index (χ2v) is 3.94. The van der Waals surface area contributed by atoms with E-state index in [2.05, 4.69) is 24.6 Å². The minimum absolute atomic E-state index is 0.0933. The van der Waals surface area contributed by atoms with Gasteiger partial charge in [-0.25, -0.2) is 9.78 Å². The van der Waals surface area contributed by atoms with Gasteiger partial charge in [-0.3, -0.25) is 9.51 Å². The minimum atomic E-state index is -0.604. The molecule has 8 heteroatoms. The third-order valence-corrected chi connectivity index (χ3v) is 2.38. The van der Waals surface area contributed by atoms with Crippen LogP contribution in [0.5, 0.6) is 5.88 Å². The summed E-state index contributed by atoms with van der Waals surface area (Å²) in [5, 5.41) is 4.11. The Bertz CT molecular complexity index is 565. The van der Waals surface area contributed by atoms with E-state index < -0.39 is 5.76 Å². The first-order valence-corrected chi connectivity index (χ1v) is 5.97. The van der Waals surface area contributed by atoms with Crippen LogP contribution in [0.2, 0.25) is 0 Å². The normalized spacial score (nSPS) is 10.5. The molecule has 2 rings (SSSR count). The third kappa shape index (κ3) is 3.06. The highest BCUT2D eigenvalue weighted by Gasteiger charge is 2.05. The van der Waals surface area contributed by atoms with E-state index in [0.717, 1.165) is 5.69 Å². The summed E-state index contributed by atoms with van der Waals surface area (Å²) >= 11 is 1.43. The van der Waals surface area contributed by atoms with Crippen molar-refractivity contribution in [1.29, 1.82) is 0 Å². The van der Waals surface area contributed by atoms with E-state index >= 15 is 0 Å². The lowest BCUT2D eigenvalue weighted by Gasteiger charge is -2.04. The zero-order valence-electron chi connectivity index (χ0n) is 9.26. The molecule has 0 aromatic carbocycles. The zero-order valence-corrected chi connectivity index (χ0v) is 10.1. The molecule has 0 aliphatic carbocycles. The number of H-pyrrole nitrogens is 1. The number of aromatic amines is 1. The molecule has 0 spiro atoms. The Morgan fingerprint density at radius 3 is 3.00 bits per heavy atom. The predicted octanol–water partition coefficient (Wildman–Crippen LogP) is 0.762. The van der Waals surface area contributed by atoms with Gasteiger partial charge in [-0.05, 0) is 13.2 Å². The standard InChI is InChI=1S/C9H10N4O3S/c1-5-3-7(12-8(10-5)17-2)15-4-6-11-9(14)16-13-6/h3H,4H2,1-2H3,(H,11,13,14). The topological polar surface area (TPSA) is 93.9 Å². The molecule has 7 nitrogen and oxygen atoms in total. The molecule has 2 aromatic heterocycles. The van der Waals surface area contributed by atoms with Gasteiger partial charge in [0.05, 0.1) is 0 Å². The van der Waals surface area contributed by atoms with Crippen LogP contribution in [0.3, 0.4) is 0 Å². The summed E-state index contributed by atoms with van der Waals surface area (Å²) in [4.78, 5) is 21.4. The molecule has 2 aromatic rings. The number of aryl methyl sites for hydroxylation is 1. The first kappa shape index (κ1) is 11.6. The molecule has 90 valence electrons. The van der Waals surface area contributed by atoms with Crippen molar-refractivity contribution in [3.63, 3.8) is 0 Å². The highest BCUT2D eigenvalue weighted by atomic mass is 32.2. The van der Waals surface area contributed by atoms with Crippen LogP contribution < -0.4 is 10.5 Å². The fourth-order valence-corrected chi connectivity index (χ4v) is 1.56. The molecule has 0 amide bonds. The summed E-state index contributed by atoms with van der Waals surface area (Å²) in [5.41, 5.74) is 0.813. The van der Waals surface area contributed by atoms with Crippen LogP contribution in [-0.2, 0) is 6.61 Å². The average molecular weight is 254 g/mol. The summed E-state index contributed by atoms with van der Waals surface area (Å²) in [6, 6.07) is 1.71. The summed E-state index contributed by atoms with van der Waals surface area (Å²) in [6.45, 7) is 1.95. The number of ether oxygens (including phenoxy) is 1. The molecule has 0 radical (unpaired) electrons. The highest BCUT2D eigenvalue weighted by molar-refractivity contribution is 7.98. The molecule has 2 heterocycles. The van der Waals surface area contributed by atoms with Crippen molar-refractivity contribution in [3.8, 4) is 5.88 Å². The van der Waals surface area contributed by atoms with Crippen molar-refractivity contribution >= 4 is 11.8 Å². The van der Waals surface area contributed by atoms with Crippen LogP contribution >= 0.6 is 11.8 Å². The molecule has 0 unspecified atom stereocenters. The first-order valence-electron chi connectivity index (χ1n) is 4.74. The van der Waals surface area contributed by atoms with E-state index in [4.69, 9.17) is 4.74 Å². The Labute approximate surface area is 101 Å². The smallest absolute Gasteiger partial charge is 0.439 e. The van der Waals surface area contributed by atoms with Crippen molar-refractivity contribution in [2.24, 2.45) is 0 Å². The van der Waals surface area contributed by atoms with Gasteiger partial charge >= 0.3 is 5.76 Å². The van der Waals surface area contributed by atoms with Crippen LogP contribution in [0.1, 0.15) is 11.5 Å². The van der Waals surface area contributed by atoms with Crippen molar-refractivity contribution in [1.82, 2.24) is 20.1 Å². The molecule has 17 heavy (non-hydrogen) atoms. The molecule has 0 bridgehead atoms. The highest BCUT2D eigenvalue weighted by Crippen LogP contribution is 2.15. The quantitative estimate of drug-likeness (QED) is 0.635. The molecular weight excluding hydrogens is 244 g/mol. The van der Waals surface area contributed by atoms with Gasteiger partial charge < -0.3 is 4.74 Å². The second kappa shape index (κ2) is 5.00. The van der Waals surface area contributed by atoms with Crippen LogP contribution in [-0.4, -0.2) is 26.4 Å². The summed E-state index contributed by atoms with van der Waals surface area (Å²) < 4.78 is 9.72. The maximum atomic E-state index is 10.7. The molecular formula is C9H10N4O3S. The van der Waals surface area contributed by atoms with Gasteiger partial charge in [0.1, 0.15) is 0 Å². The van der Waals surface area contributed by atoms with E-state index in [1.165, 1.54) is 11.8 Å². The van der Waals surface area contributed by atoms with Crippen molar-refractivity contribution < 1.29 is 9.26 Å². The molecule has 0 aliphatic heterocycles. The lowest BCUT2D eigenvalue weighted by atomic mass is 10.4. The molecule has 1 N–H and O–H groups in total. The number of nitrogens with zero attached hydrogens (tertiary/aromatic N) is 3. The van der Waals surface area contributed by atoms with Gasteiger partial charge in [-0.15, -0.1) is 0 Å². The number of rotatable bonds is 4. The van der Waals surface area contributed by atoms with E-state index in [1.807, 2.05) is 13.2 Å². The number of hydrogen-bond acceptors (Lipinski definition) is 7. The Balaban J connectivity index is 2.08. The number of thioether (sulfide) groups is 1. The number of hydrogen-bond donors (Lipinski definition) is 1. The largest absolute Gasteiger partial charge is 0.469 e. The van der Waals surface area contributed by atoms with E-state index in [0.29, 0.717) is 16.9 Å². The van der Waals surface area contributed by atoms with Gasteiger partial charge in [0.25, 0.3) is 0 Å². The second-order valence-electron chi connectivity index (χ2n) is 3.16. The van der Waals surface area contributed by atoms with Crippen molar-refractivity contribution in [2.75, 3.05) is 6.26 Å². The van der Waals surface area contributed by atoms with E-state index in [1.54, 1.807) is 6.07 Å². The SMILES string of the molecule is CSc1nc(C)cc(OCc2noc(=O)[nH]2)n1. The zero-order chi connectivity index (χ0) is 12.3. The predicted molar refractivity (Wildman–Crippen MR) is 60.0 cm³/mol. The van der Waals surface area contributed by atoms with Gasteiger partial charge in [0.2, 0.25) is 5.88 Å². The Hall–Kier alpha value is -1.83. The molecule has 0 atom stereocenters. The average Bonchev–Trinajstić information content (AvgIpc) is 2.72. The van der Waals surface area contributed by atoms with E-state index in [-0.39, 0.29) is 6.61 Å². The lowest BCUT2D eigenvalue weighted by Crippen LogP contribution is -2.03. The number of aromatic nitrogens is 4. The summed E-state index contributed by atoms with van der Waals surface area (Å²) in [7, 11) is 0. The van der Waals surface area contributed by atoms with Gasteiger partial charge in [-0.1, -0.05) is 16.9 Å². The maximum absolute atomic E-state index is 10.7. The molecule has 0 fully saturated rings. The van der Waals surface area contributed by atoms with Crippen LogP contribution in [0, 0.1) is 6.92 Å². The Morgan fingerprint density at radius 2 is 2.35 bits per heavy atom. The summed E-state index contributed by atoms with van der Waals surface area (Å²) in [5.74, 6) is 0.148. The van der Waals surface area contributed by atoms with Crippen LogP contribution in [0.15, 0.2) is 20.5 Å². The maximum Gasteiger partial charge on any atom is 0.439 e. The third-order valence-electron chi connectivity index (χ3n) is 1.83. The lowest BCUT2D eigenvalue weighted by molar-refractivity contribution is 0.272. The monoisotopic (exact) mass is 254 g/mol.